The average Bonchev–Trinajstić information content (AvgIpc) is 2.27. The van der Waals surface area contributed by atoms with Crippen LogP contribution in [0.1, 0.15) is 25.3 Å². The molecule has 0 radical (unpaired) electrons. The van der Waals surface area contributed by atoms with Crippen LogP contribution >= 0.6 is 0 Å². The van der Waals surface area contributed by atoms with E-state index in [1.54, 1.807) is 7.11 Å². The maximum atomic E-state index is 9.79. The highest BCUT2D eigenvalue weighted by Crippen LogP contribution is 2.09. The van der Waals surface area contributed by atoms with Gasteiger partial charge in [0.1, 0.15) is 0 Å². The summed E-state index contributed by atoms with van der Waals surface area (Å²) in [6, 6.07) is 10.1. The minimum absolute atomic E-state index is 0.232. The highest BCUT2D eigenvalue weighted by Gasteiger charge is 2.07. The van der Waals surface area contributed by atoms with Crippen LogP contribution in [0.15, 0.2) is 30.3 Å². The van der Waals surface area contributed by atoms with Crippen LogP contribution in [0.2, 0.25) is 0 Å². The third-order valence-corrected chi connectivity index (χ3v) is 2.62. The van der Waals surface area contributed by atoms with Crippen LogP contribution in [0.25, 0.3) is 0 Å². The van der Waals surface area contributed by atoms with E-state index in [1.165, 1.54) is 5.56 Å². The van der Waals surface area contributed by atoms with E-state index in [0.717, 1.165) is 19.3 Å². The highest BCUT2D eigenvalue weighted by atomic mass is 16.5. The Bertz CT molecular complexity index is 258. The van der Waals surface area contributed by atoms with E-state index in [2.05, 4.69) is 0 Å². The standard InChI is InChI=1S/C13H20O2/c1-11(15-2)8-9-13(14)10-12-6-4-3-5-7-12/h3-7,11,13-14H,8-10H2,1-2H3. The second-order valence-electron chi connectivity index (χ2n) is 3.97. The maximum absolute atomic E-state index is 9.79. The van der Waals surface area contributed by atoms with Crippen LogP contribution in [0.4, 0.5) is 0 Å². The minimum Gasteiger partial charge on any atom is -0.393 e. The molecule has 2 nitrogen and oxygen atoms in total. The Hall–Kier alpha value is -0.860. The number of aliphatic hydroxyl groups excluding tert-OH is 1. The van der Waals surface area contributed by atoms with Gasteiger partial charge in [0.2, 0.25) is 0 Å². The van der Waals surface area contributed by atoms with E-state index < -0.39 is 0 Å². The van der Waals surface area contributed by atoms with Gasteiger partial charge < -0.3 is 9.84 Å². The largest absolute Gasteiger partial charge is 0.393 e. The second-order valence-corrected chi connectivity index (χ2v) is 3.97. The zero-order valence-electron chi connectivity index (χ0n) is 9.52. The summed E-state index contributed by atoms with van der Waals surface area (Å²) in [4.78, 5) is 0. The number of ether oxygens (including phenoxy) is 1. The molecule has 2 unspecified atom stereocenters. The molecular weight excluding hydrogens is 188 g/mol. The summed E-state index contributed by atoms with van der Waals surface area (Å²) in [5, 5.41) is 9.79. The third kappa shape index (κ3) is 4.96. The van der Waals surface area contributed by atoms with Gasteiger partial charge >= 0.3 is 0 Å². The Balaban J connectivity index is 2.27. The number of rotatable bonds is 6. The Morgan fingerprint density at radius 3 is 2.47 bits per heavy atom. The molecule has 1 rings (SSSR count). The number of aliphatic hydroxyl groups is 1. The van der Waals surface area contributed by atoms with Gasteiger partial charge in [0, 0.05) is 7.11 Å². The predicted octanol–water partition coefficient (Wildman–Crippen LogP) is 2.41. The van der Waals surface area contributed by atoms with Crippen molar-refractivity contribution in [2.45, 2.75) is 38.4 Å². The molecule has 0 saturated heterocycles. The fraction of sp³-hybridized carbons (Fsp3) is 0.538. The van der Waals surface area contributed by atoms with Gasteiger partial charge in [0.05, 0.1) is 12.2 Å². The van der Waals surface area contributed by atoms with Gasteiger partial charge in [-0.15, -0.1) is 0 Å². The molecule has 0 aliphatic rings. The summed E-state index contributed by atoms with van der Waals surface area (Å²) in [5.41, 5.74) is 1.19. The Kier molecular flexibility index (Phi) is 5.37. The van der Waals surface area contributed by atoms with Crippen molar-refractivity contribution in [3.05, 3.63) is 35.9 Å². The molecule has 0 fully saturated rings. The van der Waals surface area contributed by atoms with E-state index in [9.17, 15) is 5.11 Å². The van der Waals surface area contributed by atoms with Crippen molar-refractivity contribution in [2.75, 3.05) is 7.11 Å². The van der Waals surface area contributed by atoms with Crippen molar-refractivity contribution in [3.63, 3.8) is 0 Å². The molecule has 0 saturated carbocycles. The molecule has 15 heavy (non-hydrogen) atoms. The van der Waals surface area contributed by atoms with Crippen LogP contribution in [0, 0.1) is 0 Å². The molecule has 1 aromatic rings. The molecule has 0 heterocycles. The average molecular weight is 208 g/mol. The molecule has 0 aliphatic heterocycles. The third-order valence-electron chi connectivity index (χ3n) is 2.62. The predicted molar refractivity (Wildman–Crippen MR) is 61.9 cm³/mol. The lowest BCUT2D eigenvalue weighted by atomic mass is 10.0. The summed E-state index contributed by atoms with van der Waals surface area (Å²) < 4.78 is 5.14. The molecule has 2 atom stereocenters. The Morgan fingerprint density at radius 2 is 1.87 bits per heavy atom. The quantitative estimate of drug-likeness (QED) is 0.778. The van der Waals surface area contributed by atoms with Crippen molar-refractivity contribution in [3.8, 4) is 0 Å². The number of hydrogen-bond acceptors (Lipinski definition) is 2. The first-order valence-electron chi connectivity index (χ1n) is 5.47. The minimum atomic E-state index is -0.259. The fourth-order valence-corrected chi connectivity index (χ4v) is 1.53. The van der Waals surface area contributed by atoms with Crippen LogP contribution in [0.3, 0.4) is 0 Å². The maximum Gasteiger partial charge on any atom is 0.0581 e. The van der Waals surface area contributed by atoms with Crippen molar-refractivity contribution < 1.29 is 9.84 Å². The highest BCUT2D eigenvalue weighted by molar-refractivity contribution is 5.15. The summed E-state index contributed by atoms with van der Waals surface area (Å²) in [7, 11) is 1.70. The van der Waals surface area contributed by atoms with Gasteiger partial charge in [0.15, 0.2) is 0 Å². The first-order valence-corrected chi connectivity index (χ1v) is 5.47. The number of methoxy groups -OCH3 is 1. The second kappa shape index (κ2) is 6.59. The van der Waals surface area contributed by atoms with Crippen LogP contribution in [-0.4, -0.2) is 24.4 Å². The molecule has 0 aromatic heterocycles. The monoisotopic (exact) mass is 208 g/mol. The Labute approximate surface area is 91.9 Å². The van der Waals surface area contributed by atoms with Crippen molar-refractivity contribution >= 4 is 0 Å². The summed E-state index contributed by atoms with van der Waals surface area (Å²) in [6.07, 6.45) is 2.41. The van der Waals surface area contributed by atoms with Gasteiger partial charge in [-0.1, -0.05) is 30.3 Å². The first-order chi connectivity index (χ1) is 7.22. The van der Waals surface area contributed by atoms with Crippen LogP contribution in [-0.2, 0) is 11.2 Å². The van der Waals surface area contributed by atoms with E-state index in [1.807, 2.05) is 37.3 Å². The SMILES string of the molecule is COC(C)CCC(O)Cc1ccccc1. The lowest BCUT2D eigenvalue weighted by Crippen LogP contribution is -2.14. The molecule has 0 aliphatic carbocycles. The summed E-state index contributed by atoms with van der Waals surface area (Å²) in [5.74, 6) is 0. The van der Waals surface area contributed by atoms with Crippen molar-refractivity contribution in [2.24, 2.45) is 0 Å². The van der Waals surface area contributed by atoms with E-state index >= 15 is 0 Å². The van der Waals surface area contributed by atoms with E-state index in [-0.39, 0.29) is 12.2 Å². The summed E-state index contributed by atoms with van der Waals surface area (Å²) >= 11 is 0. The molecule has 0 spiro atoms. The van der Waals surface area contributed by atoms with Crippen LogP contribution < -0.4 is 0 Å². The molecule has 84 valence electrons. The molecule has 0 amide bonds. The fourth-order valence-electron chi connectivity index (χ4n) is 1.53. The van der Waals surface area contributed by atoms with Crippen molar-refractivity contribution in [1.82, 2.24) is 0 Å². The zero-order chi connectivity index (χ0) is 11.1. The van der Waals surface area contributed by atoms with Crippen LogP contribution in [0.5, 0.6) is 0 Å². The Morgan fingerprint density at radius 1 is 1.20 bits per heavy atom. The summed E-state index contributed by atoms with van der Waals surface area (Å²) in [6.45, 7) is 2.02. The zero-order valence-corrected chi connectivity index (χ0v) is 9.52. The van der Waals surface area contributed by atoms with E-state index in [0.29, 0.717) is 0 Å². The van der Waals surface area contributed by atoms with Gasteiger partial charge in [0.25, 0.3) is 0 Å². The normalized spacial score (nSPS) is 14.9. The van der Waals surface area contributed by atoms with Crippen molar-refractivity contribution in [1.29, 1.82) is 0 Å². The molecular formula is C13H20O2. The number of benzene rings is 1. The molecule has 1 N–H and O–H groups in total. The topological polar surface area (TPSA) is 29.5 Å². The van der Waals surface area contributed by atoms with Gasteiger partial charge in [-0.05, 0) is 31.7 Å². The number of hydrogen-bond donors (Lipinski definition) is 1. The lowest BCUT2D eigenvalue weighted by Gasteiger charge is -2.13. The molecule has 0 bridgehead atoms. The molecule has 1 aromatic carbocycles. The van der Waals surface area contributed by atoms with Gasteiger partial charge in [-0.3, -0.25) is 0 Å². The lowest BCUT2D eigenvalue weighted by molar-refractivity contribution is 0.0851. The molecule has 2 heteroatoms. The van der Waals surface area contributed by atoms with E-state index in [4.69, 9.17) is 4.74 Å². The first kappa shape index (κ1) is 12.2. The smallest absolute Gasteiger partial charge is 0.0581 e. The van der Waals surface area contributed by atoms with Gasteiger partial charge in [-0.2, -0.15) is 0 Å². The van der Waals surface area contributed by atoms with Gasteiger partial charge in [-0.25, -0.2) is 0 Å².